The molecule has 28 heavy (non-hydrogen) atoms. The van der Waals surface area contributed by atoms with Crippen molar-refractivity contribution in [2.75, 3.05) is 13.1 Å². The number of hydrogen-bond acceptors (Lipinski definition) is 7. The molecule has 0 bridgehead atoms. The van der Waals surface area contributed by atoms with Gasteiger partial charge in [0, 0.05) is 42.7 Å². The number of nitrogens with two attached hydrogens (primary N) is 1. The molecular weight excluding hydrogens is 382 g/mol. The zero-order chi connectivity index (χ0) is 18.8. The third-order valence-electron chi connectivity index (χ3n) is 4.81. The van der Waals surface area contributed by atoms with Gasteiger partial charge in [-0.15, -0.1) is 12.4 Å². The highest BCUT2D eigenvalue weighted by Crippen LogP contribution is 2.28. The normalized spacial score (nSPS) is 19.3. The van der Waals surface area contributed by atoms with Gasteiger partial charge in [-0.25, -0.2) is 0 Å². The molecule has 1 aromatic heterocycles. The SMILES string of the molecule is Cl.N[C@@H]1CN(Cc2nc(-c3cccc([N+](=O)[O-])c3)no2)C[C@H]1c1ccccc1. The van der Waals surface area contributed by atoms with Crippen molar-refractivity contribution in [1.29, 1.82) is 0 Å². The standard InChI is InChI=1S/C19H19N5O3.ClH/c20-17-11-23(10-16(17)13-5-2-1-3-6-13)12-18-21-19(22-27-18)14-7-4-8-15(9-14)24(25)26;/h1-9,16-17H,10-12,20H2;1H/t16-,17+;/m0./s1. The van der Waals surface area contributed by atoms with Crippen LogP contribution in [0.3, 0.4) is 0 Å². The first-order valence-corrected chi connectivity index (χ1v) is 8.70. The van der Waals surface area contributed by atoms with Gasteiger partial charge in [0.2, 0.25) is 11.7 Å². The van der Waals surface area contributed by atoms with Gasteiger partial charge in [-0.3, -0.25) is 15.0 Å². The molecule has 2 N–H and O–H groups in total. The summed E-state index contributed by atoms with van der Waals surface area (Å²) in [4.78, 5) is 17.0. The van der Waals surface area contributed by atoms with Crippen LogP contribution in [0.2, 0.25) is 0 Å². The largest absolute Gasteiger partial charge is 0.338 e. The minimum absolute atomic E-state index is 0. The van der Waals surface area contributed by atoms with Gasteiger partial charge in [-0.05, 0) is 5.56 Å². The van der Waals surface area contributed by atoms with Gasteiger partial charge < -0.3 is 10.3 Å². The maximum absolute atomic E-state index is 10.9. The van der Waals surface area contributed by atoms with Crippen molar-refractivity contribution in [3.8, 4) is 11.4 Å². The van der Waals surface area contributed by atoms with Gasteiger partial charge in [-0.1, -0.05) is 47.6 Å². The van der Waals surface area contributed by atoms with Crippen molar-refractivity contribution in [1.82, 2.24) is 15.0 Å². The highest BCUT2D eigenvalue weighted by molar-refractivity contribution is 5.85. The Kier molecular flexibility index (Phi) is 6.03. The van der Waals surface area contributed by atoms with Crippen molar-refractivity contribution >= 4 is 18.1 Å². The van der Waals surface area contributed by atoms with Crippen molar-refractivity contribution in [2.24, 2.45) is 5.73 Å². The zero-order valence-corrected chi connectivity index (χ0v) is 15.8. The molecule has 0 aliphatic carbocycles. The molecule has 2 atom stereocenters. The zero-order valence-electron chi connectivity index (χ0n) is 15.0. The van der Waals surface area contributed by atoms with Gasteiger partial charge in [0.05, 0.1) is 11.5 Å². The monoisotopic (exact) mass is 401 g/mol. The number of hydrogen-bond donors (Lipinski definition) is 1. The molecule has 9 heteroatoms. The summed E-state index contributed by atoms with van der Waals surface area (Å²) >= 11 is 0. The molecule has 8 nitrogen and oxygen atoms in total. The fraction of sp³-hybridized carbons (Fsp3) is 0.263. The lowest BCUT2D eigenvalue weighted by molar-refractivity contribution is -0.384. The van der Waals surface area contributed by atoms with Crippen LogP contribution in [0.25, 0.3) is 11.4 Å². The fourth-order valence-electron chi connectivity index (χ4n) is 3.48. The average Bonchev–Trinajstić information content (AvgIpc) is 3.29. The number of halogens is 1. The lowest BCUT2D eigenvalue weighted by atomic mass is 9.95. The van der Waals surface area contributed by atoms with Gasteiger partial charge in [0.25, 0.3) is 5.69 Å². The molecular formula is C19H20ClN5O3. The Morgan fingerprint density at radius 3 is 2.71 bits per heavy atom. The van der Waals surface area contributed by atoms with E-state index in [0.717, 1.165) is 13.1 Å². The molecule has 0 saturated carbocycles. The summed E-state index contributed by atoms with van der Waals surface area (Å²) in [6.07, 6.45) is 0. The fourth-order valence-corrected chi connectivity index (χ4v) is 3.48. The number of nitro groups is 1. The van der Waals surface area contributed by atoms with Crippen LogP contribution in [0, 0.1) is 10.1 Å². The van der Waals surface area contributed by atoms with Crippen LogP contribution in [0.1, 0.15) is 17.4 Å². The number of likely N-dealkylation sites (tertiary alicyclic amines) is 1. The highest BCUT2D eigenvalue weighted by atomic mass is 35.5. The molecule has 4 rings (SSSR count). The minimum Gasteiger partial charge on any atom is -0.338 e. The Bertz CT molecular complexity index is 950. The molecule has 0 radical (unpaired) electrons. The Morgan fingerprint density at radius 1 is 1.18 bits per heavy atom. The van der Waals surface area contributed by atoms with Crippen molar-refractivity contribution in [3.63, 3.8) is 0 Å². The van der Waals surface area contributed by atoms with Crippen molar-refractivity contribution in [2.45, 2.75) is 18.5 Å². The van der Waals surface area contributed by atoms with Crippen molar-refractivity contribution in [3.05, 3.63) is 76.2 Å². The van der Waals surface area contributed by atoms with E-state index < -0.39 is 4.92 Å². The van der Waals surface area contributed by atoms with E-state index in [9.17, 15) is 10.1 Å². The van der Waals surface area contributed by atoms with Crippen LogP contribution >= 0.6 is 12.4 Å². The van der Waals surface area contributed by atoms with Crippen LogP contribution in [0.5, 0.6) is 0 Å². The summed E-state index contributed by atoms with van der Waals surface area (Å²) in [7, 11) is 0. The predicted octanol–water partition coefficient (Wildman–Crippen LogP) is 2.99. The molecule has 1 aliphatic heterocycles. The maximum Gasteiger partial charge on any atom is 0.270 e. The second-order valence-corrected chi connectivity index (χ2v) is 6.69. The topological polar surface area (TPSA) is 111 Å². The smallest absolute Gasteiger partial charge is 0.270 e. The van der Waals surface area contributed by atoms with E-state index in [0.29, 0.717) is 23.8 Å². The van der Waals surface area contributed by atoms with E-state index in [4.69, 9.17) is 10.3 Å². The molecule has 1 fully saturated rings. The lowest BCUT2D eigenvalue weighted by Gasteiger charge is -2.14. The van der Waals surface area contributed by atoms with Crippen molar-refractivity contribution < 1.29 is 9.45 Å². The van der Waals surface area contributed by atoms with Crippen LogP contribution in [0.15, 0.2) is 59.1 Å². The molecule has 2 aromatic carbocycles. The molecule has 1 aliphatic rings. The summed E-state index contributed by atoms with van der Waals surface area (Å²) in [5.74, 6) is 1.08. The van der Waals surface area contributed by atoms with E-state index >= 15 is 0 Å². The number of nitro benzene ring substituents is 1. The minimum atomic E-state index is -0.445. The molecule has 146 valence electrons. The van der Waals surface area contributed by atoms with Gasteiger partial charge in [-0.2, -0.15) is 4.98 Å². The van der Waals surface area contributed by atoms with E-state index in [2.05, 4.69) is 27.2 Å². The Hall–Kier alpha value is -2.81. The first-order chi connectivity index (χ1) is 13.1. The quantitative estimate of drug-likeness (QED) is 0.516. The summed E-state index contributed by atoms with van der Waals surface area (Å²) in [6, 6.07) is 16.5. The van der Waals surface area contributed by atoms with E-state index in [1.165, 1.54) is 17.7 Å². The Balaban J connectivity index is 0.00000225. The summed E-state index contributed by atoms with van der Waals surface area (Å²) in [5, 5.41) is 14.9. The van der Waals surface area contributed by atoms with E-state index in [1.807, 2.05) is 18.2 Å². The lowest BCUT2D eigenvalue weighted by Crippen LogP contribution is -2.28. The number of non-ortho nitro benzene ring substituents is 1. The average molecular weight is 402 g/mol. The molecule has 0 unspecified atom stereocenters. The maximum atomic E-state index is 10.9. The predicted molar refractivity (Wildman–Crippen MR) is 106 cm³/mol. The third-order valence-corrected chi connectivity index (χ3v) is 4.81. The molecule has 2 heterocycles. The second-order valence-electron chi connectivity index (χ2n) is 6.69. The number of nitrogens with zero attached hydrogens (tertiary/aromatic N) is 4. The number of benzene rings is 2. The third kappa shape index (κ3) is 4.19. The van der Waals surface area contributed by atoms with Crippen LogP contribution < -0.4 is 5.73 Å². The first kappa shape index (κ1) is 19.9. The molecule has 1 saturated heterocycles. The number of rotatable bonds is 5. The second kappa shape index (κ2) is 8.47. The Labute approximate surface area is 167 Å². The van der Waals surface area contributed by atoms with E-state index in [1.54, 1.807) is 12.1 Å². The van der Waals surface area contributed by atoms with E-state index in [-0.39, 0.29) is 30.1 Å². The summed E-state index contributed by atoms with van der Waals surface area (Å²) in [6.45, 7) is 2.06. The van der Waals surface area contributed by atoms with Crippen LogP contribution in [-0.4, -0.2) is 39.1 Å². The van der Waals surface area contributed by atoms with Gasteiger partial charge in [0.15, 0.2) is 0 Å². The number of aromatic nitrogens is 2. The highest BCUT2D eigenvalue weighted by Gasteiger charge is 2.32. The molecule has 0 amide bonds. The summed E-state index contributed by atoms with van der Waals surface area (Å²) in [5.41, 5.74) is 8.11. The Morgan fingerprint density at radius 2 is 1.96 bits per heavy atom. The molecule has 3 aromatic rings. The van der Waals surface area contributed by atoms with Gasteiger partial charge in [0.1, 0.15) is 0 Å². The molecule has 0 spiro atoms. The summed E-state index contributed by atoms with van der Waals surface area (Å²) < 4.78 is 5.34. The van der Waals surface area contributed by atoms with Crippen LogP contribution in [-0.2, 0) is 6.54 Å². The first-order valence-electron chi connectivity index (χ1n) is 8.70. The van der Waals surface area contributed by atoms with Crippen LogP contribution in [0.4, 0.5) is 5.69 Å². The van der Waals surface area contributed by atoms with Gasteiger partial charge >= 0.3 is 0 Å².